The monoisotopic (exact) mass is 196 g/mol. The quantitative estimate of drug-likeness (QED) is 0.603. The van der Waals surface area contributed by atoms with Gasteiger partial charge in [0.05, 0.1) is 26.3 Å². The van der Waals surface area contributed by atoms with Gasteiger partial charge >= 0.3 is 0 Å². The molecule has 1 aliphatic rings. The zero-order valence-electron chi connectivity index (χ0n) is 8.51. The highest BCUT2D eigenvalue weighted by Crippen LogP contribution is 1.94. The number of nitrogens with zero attached hydrogens (tertiary/aromatic N) is 1. The van der Waals surface area contributed by atoms with Crippen molar-refractivity contribution in [2.45, 2.75) is 6.92 Å². The van der Waals surface area contributed by atoms with Gasteiger partial charge in [-0.1, -0.05) is 11.8 Å². The maximum atomic E-state index is 10.5. The van der Waals surface area contributed by atoms with Crippen molar-refractivity contribution in [2.75, 3.05) is 39.4 Å². The van der Waals surface area contributed by atoms with E-state index < -0.39 is 0 Å². The Balaban J connectivity index is 2.08. The zero-order chi connectivity index (χ0) is 10.2. The van der Waals surface area contributed by atoms with Crippen molar-refractivity contribution in [3.05, 3.63) is 0 Å². The van der Waals surface area contributed by atoms with Gasteiger partial charge in [0.15, 0.2) is 0 Å². The van der Waals surface area contributed by atoms with E-state index in [-0.39, 0.29) is 5.91 Å². The van der Waals surface area contributed by atoms with E-state index in [0.29, 0.717) is 6.54 Å². The Bertz CT molecular complexity index is 236. The molecule has 0 aromatic heterocycles. The van der Waals surface area contributed by atoms with Crippen LogP contribution in [0.2, 0.25) is 0 Å². The fourth-order valence-corrected chi connectivity index (χ4v) is 1.16. The summed E-state index contributed by atoms with van der Waals surface area (Å²) >= 11 is 0. The van der Waals surface area contributed by atoms with E-state index in [9.17, 15) is 4.79 Å². The van der Waals surface area contributed by atoms with Gasteiger partial charge in [0.1, 0.15) is 0 Å². The molecular formula is C10H16N2O2. The van der Waals surface area contributed by atoms with Gasteiger partial charge in [-0.3, -0.25) is 9.69 Å². The van der Waals surface area contributed by atoms with Gasteiger partial charge in [-0.2, -0.15) is 0 Å². The van der Waals surface area contributed by atoms with E-state index in [1.54, 1.807) is 0 Å². The first-order valence-corrected chi connectivity index (χ1v) is 4.79. The predicted octanol–water partition coefficient (Wildman–Crippen LogP) is -0.542. The van der Waals surface area contributed by atoms with Crippen LogP contribution in [0.3, 0.4) is 0 Å². The summed E-state index contributed by atoms with van der Waals surface area (Å²) in [7, 11) is 0. The number of hydrogen-bond donors (Lipinski definition) is 1. The summed E-state index contributed by atoms with van der Waals surface area (Å²) in [6.07, 6.45) is 0. The molecule has 0 atom stereocenters. The third kappa shape index (κ3) is 4.85. The van der Waals surface area contributed by atoms with Crippen LogP contribution >= 0.6 is 0 Å². The summed E-state index contributed by atoms with van der Waals surface area (Å²) in [6.45, 7) is 6.21. The molecule has 0 spiro atoms. The molecule has 1 heterocycles. The molecule has 0 unspecified atom stereocenters. The van der Waals surface area contributed by atoms with Crippen LogP contribution in [0, 0.1) is 11.8 Å². The van der Waals surface area contributed by atoms with Crippen molar-refractivity contribution in [3.63, 3.8) is 0 Å². The van der Waals surface area contributed by atoms with Crippen molar-refractivity contribution in [1.29, 1.82) is 0 Å². The molecule has 1 fully saturated rings. The van der Waals surface area contributed by atoms with Crippen molar-refractivity contribution in [2.24, 2.45) is 0 Å². The van der Waals surface area contributed by atoms with Gasteiger partial charge in [-0.15, -0.1) is 0 Å². The Hall–Kier alpha value is -1.05. The fourth-order valence-electron chi connectivity index (χ4n) is 1.16. The maximum Gasteiger partial charge on any atom is 0.217 e. The van der Waals surface area contributed by atoms with Gasteiger partial charge < -0.3 is 10.1 Å². The van der Waals surface area contributed by atoms with Crippen LogP contribution in [0.25, 0.3) is 0 Å². The largest absolute Gasteiger partial charge is 0.379 e. The lowest BCUT2D eigenvalue weighted by atomic mass is 10.4. The molecule has 1 aliphatic heterocycles. The van der Waals surface area contributed by atoms with Gasteiger partial charge in [-0.25, -0.2) is 0 Å². The number of amides is 1. The van der Waals surface area contributed by atoms with Crippen molar-refractivity contribution >= 4 is 5.91 Å². The first-order chi connectivity index (χ1) is 6.79. The van der Waals surface area contributed by atoms with E-state index in [1.165, 1.54) is 6.92 Å². The van der Waals surface area contributed by atoms with E-state index in [0.717, 1.165) is 32.8 Å². The van der Waals surface area contributed by atoms with Crippen molar-refractivity contribution < 1.29 is 9.53 Å². The Morgan fingerprint density at radius 2 is 2.14 bits per heavy atom. The van der Waals surface area contributed by atoms with E-state index in [2.05, 4.69) is 22.1 Å². The minimum absolute atomic E-state index is 0.0364. The molecule has 4 nitrogen and oxygen atoms in total. The van der Waals surface area contributed by atoms with Gasteiger partial charge in [0.2, 0.25) is 5.91 Å². The highest BCUT2D eigenvalue weighted by Gasteiger charge is 2.07. The molecule has 0 radical (unpaired) electrons. The van der Waals surface area contributed by atoms with Crippen molar-refractivity contribution in [1.82, 2.24) is 10.2 Å². The number of hydrogen-bond acceptors (Lipinski definition) is 3. The van der Waals surface area contributed by atoms with Crippen LogP contribution in [0.5, 0.6) is 0 Å². The summed E-state index contributed by atoms with van der Waals surface area (Å²) in [5.74, 6) is 5.88. The smallest absolute Gasteiger partial charge is 0.217 e. The fraction of sp³-hybridized carbons (Fsp3) is 0.700. The minimum atomic E-state index is -0.0364. The summed E-state index contributed by atoms with van der Waals surface area (Å²) in [4.78, 5) is 12.7. The molecule has 0 aromatic rings. The number of carbonyl (C=O) groups excluding carboxylic acids is 1. The SMILES string of the molecule is CC(=O)NCC#CCN1CCOCC1. The third-order valence-electron chi connectivity index (χ3n) is 1.96. The average Bonchev–Trinajstić information content (AvgIpc) is 2.18. The van der Waals surface area contributed by atoms with Gasteiger partial charge in [-0.05, 0) is 0 Å². The highest BCUT2D eigenvalue weighted by atomic mass is 16.5. The molecule has 78 valence electrons. The lowest BCUT2D eigenvalue weighted by Gasteiger charge is -2.24. The highest BCUT2D eigenvalue weighted by molar-refractivity contribution is 5.73. The molecule has 1 amide bonds. The Morgan fingerprint density at radius 1 is 1.43 bits per heavy atom. The Labute approximate surface area is 84.6 Å². The molecule has 1 saturated heterocycles. The molecule has 4 heteroatoms. The summed E-state index contributed by atoms with van der Waals surface area (Å²) in [5, 5.41) is 2.63. The van der Waals surface area contributed by atoms with Gasteiger partial charge in [0, 0.05) is 20.0 Å². The first-order valence-electron chi connectivity index (χ1n) is 4.79. The number of rotatable bonds is 2. The van der Waals surface area contributed by atoms with Crippen LogP contribution in [-0.2, 0) is 9.53 Å². The topological polar surface area (TPSA) is 41.6 Å². The third-order valence-corrected chi connectivity index (χ3v) is 1.96. The molecule has 0 aromatic carbocycles. The van der Waals surface area contributed by atoms with Crippen LogP contribution < -0.4 is 5.32 Å². The standard InChI is InChI=1S/C10H16N2O2/c1-10(13)11-4-2-3-5-12-6-8-14-9-7-12/h4-9H2,1H3,(H,11,13). The Kier molecular flexibility index (Phi) is 5.05. The van der Waals surface area contributed by atoms with E-state index in [4.69, 9.17) is 4.74 Å². The summed E-state index contributed by atoms with van der Waals surface area (Å²) < 4.78 is 5.21. The van der Waals surface area contributed by atoms with E-state index in [1.807, 2.05) is 0 Å². The maximum absolute atomic E-state index is 10.5. The lowest BCUT2D eigenvalue weighted by molar-refractivity contribution is -0.118. The first kappa shape index (κ1) is 11.0. The second-order valence-corrected chi connectivity index (χ2v) is 3.15. The molecule has 0 bridgehead atoms. The average molecular weight is 196 g/mol. The molecule has 1 N–H and O–H groups in total. The molecule has 1 rings (SSSR count). The molecule has 14 heavy (non-hydrogen) atoms. The van der Waals surface area contributed by atoms with Crippen LogP contribution in [0.15, 0.2) is 0 Å². The predicted molar refractivity (Wildman–Crippen MR) is 53.7 cm³/mol. The van der Waals surface area contributed by atoms with Crippen molar-refractivity contribution in [3.8, 4) is 11.8 Å². The number of carbonyl (C=O) groups is 1. The van der Waals surface area contributed by atoms with Crippen LogP contribution in [0.4, 0.5) is 0 Å². The zero-order valence-corrected chi connectivity index (χ0v) is 8.51. The summed E-state index contributed by atoms with van der Waals surface area (Å²) in [5.41, 5.74) is 0. The molecule has 0 saturated carbocycles. The number of nitrogens with one attached hydrogen (secondary N) is 1. The number of ether oxygens (including phenoxy) is 1. The normalized spacial score (nSPS) is 16.9. The number of morpholine rings is 1. The Morgan fingerprint density at radius 3 is 2.79 bits per heavy atom. The summed E-state index contributed by atoms with van der Waals surface area (Å²) in [6, 6.07) is 0. The van der Waals surface area contributed by atoms with E-state index >= 15 is 0 Å². The van der Waals surface area contributed by atoms with Gasteiger partial charge in [0.25, 0.3) is 0 Å². The lowest BCUT2D eigenvalue weighted by Crippen LogP contribution is -2.36. The molecule has 0 aliphatic carbocycles. The van der Waals surface area contributed by atoms with Crippen LogP contribution in [-0.4, -0.2) is 50.2 Å². The second-order valence-electron chi connectivity index (χ2n) is 3.15. The molecular weight excluding hydrogens is 180 g/mol. The second kappa shape index (κ2) is 6.41. The van der Waals surface area contributed by atoms with Crippen LogP contribution in [0.1, 0.15) is 6.92 Å². The minimum Gasteiger partial charge on any atom is -0.379 e.